The third-order valence-electron chi connectivity index (χ3n) is 4.36. The SMILES string of the molecule is CCOC1CC(N)(C(=O)Nc2ncc(CC)s2)C1(C)C. The third-order valence-corrected chi connectivity index (χ3v) is 5.41. The fraction of sp³-hybridized carbons (Fsp3) is 0.714. The zero-order valence-electron chi connectivity index (χ0n) is 12.5. The molecule has 0 bridgehead atoms. The summed E-state index contributed by atoms with van der Waals surface area (Å²) < 4.78 is 5.64. The summed E-state index contributed by atoms with van der Waals surface area (Å²) in [6, 6.07) is 0. The molecular weight excluding hydrogens is 274 g/mol. The maximum Gasteiger partial charge on any atom is 0.246 e. The Kier molecular flexibility index (Phi) is 4.18. The van der Waals surface area contributed by atoms with Crippen molar-refractivity contribution in [1.82, 2.24) is 4.98 Å². The molecule has 2 rings (SSSR count). The molecule has 0 spiro atoms. The maximum absolute atomic E-state index is 12.5. The van der Waals surface area contributed by atoms with E-state index >= 15 is 0 Å². The first-order valence-corrected chi connectivity index (χ1v) is 7.83. The number of aromatic nitrogens is 1. The van der Waals surface area contributed by atoms with Crippen LogP contribution in [0.25, 0.3) is 0 Å². The number of carbonyl (C=O) groups excluding carboxylic acids is 1. The Morgan fingerprint density at radius 3 is 2.80 bits per heavy atom. The van der Waals surface area contributed by atoms with E-state index in [4.69, 9.17) is 10.5 Å². The average molecular weight is 297 g/mol. The average Bonchev–Trinajstić information content (AvgIpc) is 2.85. The molecule has 20 heavy (non-hydrogen) atoms. The quantitative estimate of drug-likeness (QED) is 0.873. The standard InChI is InChI=1S/C14H23N3O2S/c1-5-9-8-16-12(20-9)17-11(18)14(15)7-10(19-6-2)13(14,3)4/h8,10H,5-7,15H2,1-4H3,(H,16,17,18). The van der Waals surface area contributed by atoms with Gasteiger partial charge in [0.05, 0.1) is 6.10 Å². The summed E-state index contributed by atoms with van der Waals surface area (Å²) in [6.07, 6.45) is 3.29. The molecule has 2 unspecified atom stereocenters. The first kappa shape index (κ1) is 15.4. The van der Waals surface area contributed by atoms with Gasteiger partial charge in [-0.05, 0) is 13.3 Å². The largest absolute Gasteiger partial charge is 0.378 e. The molecule has 1 aliphatic rings. The fourth-order valence-electron chi connectivity index (χ4n) is 2.56. The zero-order valence-corrected chi connectivity index (χ0v) is 13.3. The number of carbonyl (C=O) groups is 1. The molecule has 112 valence electrons. The maximum atomic E-state index is 12.5. The Morgan fingerprint density at radius 2 is 2.30 bits per heavy atom. The summed E-state index contributed by atoms with van der Waals surface area (Å²) in [5.41, 5.74) is 5.04. The molecule has 5 nitrogen and oxygen atoms in total. The number of nitrogens with zero attached hydrogens (tertiary/aromatic N) is 1. The number of rotatable bonds is 5. The molecule has 0 aromatic carbocycles. The lowest BCUT2D eigenvalue weighted by molar-refractivity contribution is -0.166. The second-order valence-corrected chi connectivity index (χ2v) is 6.90. The van der Waals surface area contributed by atoms with Gasteiger partial charge in [0.25, 0.3) is 0 Å². The Balaban J connectivity index is 2.06. The molecule has 1 amide bonds. The number of hydrogen-bond donors (Lipinski definition) is 2. The van der Waals surface area contributed by atoms with E-state index in [1.807, 2.05) is 20.8 Å². The summed E-state index contributed by atoms with van der Waals surface area (Å²) in [7, 11) is 0. The van der Waals surface area contributed by atoms with Crippen LogP contribution in [0.15, 0.2) is 6.20 Å². The summed E-state index contributed by atoms with van der Waals surface area (Å²) in [6.45, 7) is 8.61. The Bertz CT molecular complexity index is 500. The number of aryl methyl sites for hydroxylation is 1. The first-order valence-electron chi connectivity index (χ1n) is 7.01. The lowest BCUT2D eigenvalue weighted by atomic mass is 9.54. The zero-order chi connectivity index (χ0) is 15.0. The Hall–Kier alpha value is -0.980. The number of nitrogens with two attached hydrogens (primary N) is 1. The number of anilines is 1. The van der Waals surface area contributed by atoms with Gasteiger partial charge in [-0.15, -0.1) is 11.3 Å². The van der Waals surface area contributed by atoms with E-state index in [2.05, 4.69) is 17.2 Å². The highest BCUT2D eigenvalue weighted by Gasteiger charge is 2.62. The second kappa shape index (κ2) is 5.42. The van der Waals surface area contributed by atoms with Crippen LogP contribution in [0.4, 0.5) is 5.13 Å². The number of ether oxygens (including phenoxy) is 1. The Morgan fingerprint density at radius 1 is 1.60 bits per heavy atom. The van der Waals surface area contributed by atoms with Crippen molar-refractivity contribution in [3.05, 3.63) is 11.1 Å². The van der Waals surface area contributed by atoms with Gasteiger partial charge in [-0.25, -0.2) is 4.98 Å². The number of nitrogens with one attached hydrogen (secondary N) is 1. The van der Waals surface area contributed by atoms with Crippen LogP contribution in [-0.4, -0.2) is 29.1 Å². The first-order chi connectivity index (χ1) is 9.35. The van der Waals surface area contributed by atoms with Crippen molar-refractivity contribution < 1.29 is 9.53 Å². The fourth-order valence-corrected chi connectivity index (χ4v) is 3.31. The molecule has 3 N–H and O–H groups in total. The van der Waals surface area contributed by atoms with E-state index in [-0.39, 0.29) is 17.4 Å². The minimum absolute atomic E-state index is 0.0331. The lowest BCUT2D eigenvalue weighted by Crippen LogP contribution is -2.74. The highest BCUT2D eigenvalue weighted by molar-refractivity contribution is 7.15. The van der Waals surface area contributed by atoms with Gasteiger partial charge in [0.15, 0.2) is 5.13 Å². The van der Waals surface area contributed by atoms with E-state index in [9.17, 15) is 4.79 Å². The summed E-state index contributed by atoms with van der Waals surface area (Å²) >= 11 is 1.49. The molecule has 2 atom stereocenters. The molecular formula is C14H23N3O2S. The second-order valence-electron chi connectivity index (χ2n) is 5.78. The van der Waals surface area contributed by atoms with Crippen LogP contribution in [0.3, 0.4) is 0 Å². The predicted octanol–water partition coefficient (Wildman–Crippen LogP) is 2.18. The molecule has 1 aromatic rings. The van der Waals surface area contributed by atoms with E-state index in [1.54, 1.807) is 6.20 Å². The van der Waals surface area contributed by atoms with Gasteiger partial charge in [0.2, 0.25) is 5.91 Å². The molecule has 0 aliphatic heterocycles. The molecule has 6 heteroatoms. The van der Waals surface area contributed by atoms with E-state index in [0.29, 0.717) is 18.2 Å². The number of amides is 1. The van der Waals surface area contributed by atoms with Crippen LogP contribution in [0, 0.1) is 5.41 Å². The Labute approximate surface area is 123 Å². The molecule has 1 heterocycles. The minimum atomic E-state index is -0.898. The van der Waals surface area contributed by atoms with Crippen molar-refractivity contribution in [2.75, 3.05) is 11.9 Å². The summed E-state index contributed by atoms with van der Waals surface area (Å²) in [5, 5.41) is 3.46. The van der Waals surface area contributed by atoms with Gasteiger partial charge >= 0.3 is 0 Å². The van der Waals surface area contributed by atoms with Gasteiger partial charge in [0, 0.05) is 29.5 Å². The molecule has 1 saturated carbocycles. The van der Waals surface area contributed by atoms with Crippen LogP contribution in [0.1, 0.15) is 39.0 Å². The van der Waals surface area contributed by atoms with E-state index in [0.717, 1.165) is 11.3 Å². The van der Waals surface area contributed by atoms with Gasteiger partial charge in [0.1, 0.15) is 5.54 Å². The van der Waals surface area contributed by atoms with Crippen LogP contribution in [-0.2, 0) is 16.0 Å². The highest BCUT2D eigenvalue weighted by atomic mass is 32.1. The van der Waals surface area contributed by atoms with Crippen LogP contribution in [0.5, 0.6) is 0 Å². The van der Waals surface area contributed by atoms with Crippen molar-refractivity contribution in [3.8, 4) is 0 Å². The number of thiazole rings is 1. The topological polar surface area (TPSA) is 77.2 Å². The highest BCUT2D eigenvalue weighted by Crippen LogP contribution is 2.50. The van der Waals surface area contributed by atoms with Crippen LogP contribution in [0.2, 0.25) is 0 Å². The molecule has 1 aliphatic carbocycles. The summed E-state index contributed by atoms with van der Waals surface area (Å²) in [4.78, 5) is 17.8. The smallest absolute Gasteiger partial charge is 0.246 e. The molecule has 0 saturated heterocycles. The van der Waals surface area contributed by atoms with Gasteiger partial charge in [-0.3, -0.25) is 4.79 Å². The van der Waals surface area contributed by atoms with Crippen molar-refractivity contribution >= 4 is 22.4 Å². The molecule has 1 fully saturated rings. The monoisotopic (exact) mass is 297 g/mol. The van der Waals surface area contributed by atoms with Crippen molar-refractivity contribution in [2.24, 2.45) is 11.1 Å². The molecule has 1 aromatic heterocycles. The van der Waals surface area contributed by atoms with Gasteiger partial charge in [-0.1, -0.05) is 20.8 Å². The predicted molar refractivity (Wildman–Crippen MR) is 80.9 cm³/mol. The van der Waals surface area contributed by atoms with Gasteiger partial charge < -0.3 is 15.8 Å². The van der Waals surface area contributed by atoms with E-state index < -0.39 is 5.54 Å². The number of hydrogen-bond acceptors (Lipinski definition) is 5. The van der Waals surface area contributed by atoms with Crippen LogP contribution >= 0.6 is 11.3 Å². The van der Waals surface area contributed by atoms with Crippen molar-refractivity contribution in [3.63, 3.8) is 0 Å². The van der Waals surface area contributed by atoms with Crippen molar-refractivity contribution in [2.45, 2.75) is 52.2 Å². The van der Waals surface area contributed by atoms with Crippen LogP contribution < -0.4 is 11.1 Å². The van der Waals surface area contributed by atoms with E-state index in [1.165, 1.54) is 11.3 Å². The summed E-state index contributed by atoms with van der Waals surface area (Å²) in [5.74, 6) is -0.171. The lowest BCUT2D eigenvalue weighted by Gasteiger charge is -2.57. The minimum Gasteiger partial charge on any atom is -0.378 e. The third kappa shape index (κ3) is 2.36. The van der Waals surface area contributed by atoms with Gasteiger partial charge in [-0.2, -0.15) is 0 Å². The van der Waals surface area contributed by atoms with Crippen molar-refractivity contribution in [1.29, 1.82) is 0 Å². The normalized spacial score (nSPS) is 27.9. The molecule has 0 radical (unpaired) electrons.